The van der Waals surface area contributed by atoms with Gasteiger partial charge >= 0.3 is 6.09 Å². The van der Waals surface area contributed by atoms with Crippen LogP contribution in [-0.2, 0) is 16.3 Å². The van der Waals surface area contributed by atoms with Gasteiger partial charge in [0.05, 0.1) is 17.3 Å². The quantitative estimate of drug-likeness (QED) is 0.849. The Hall–Kier alpha value is -2.54. The molecule has 0 saturated carbocycles. The Kier molecular flexibility index (Phi) is 5.70. The maximum Gasteiger partial charge on any atom is 0.407 e. The normalized spacial score (nSPS) is 20.3. The Labute approximate surface area is 159 Å². The number of piperidine rings is 1. The first-order valence-electron chi connectivity index (χ1n) is 8.83. The SMILES string of the molecule is COc1ccc(S(=O)(=O)C2CCN(C(=O)O)C(Cc3ccccc3)C2)cc1. The van der Waals surface area contributed by atoms with Gasteiger partial charge in [-0.1, -0.05) is 30.3 Å². The number of sulfone groups is 1. The van der Waals surface area contributed by atoms with Gasteiger partial charge in [0.25, 0.3) is 0 Å². The molecule has 144 valence electrons. The fraction of sp³-hybridized carbons (Fsp3) is 0.350. The third kappa shape index (κ3) is 4.24. The molecule has 1 aliphatic rings. The number of ether oxygens (including phenoxy) is 1. The van der Waals surface area contributed by atoms with Crippen molar-refractivity contribution in [3.8, 4) is 5.75 Å². The average molecular weight is 389 g/mol. The fourth-order valence-electron chi connectivity index (χ4n) is 3.59. The summed E-state index contributed by atoms with van der Waals surface area (Å²) in [4.78, 5) is 13.2. The van der Waals surface area contributed by atoms with Crippen molar-refractivity contribution in [2.24, 2.45) is 0 Å². The first-order valence-corrected chi connectivity index (χ1v) is 10.4. The minimum absolute atomic E-state index is 0.215. The van der Waals surface area contributed by atoms with Crippen molar-refractivity contribution in [3.05, 3.63) is 60.2 Å². The van der Waals surface area contributed by atoms with Gasteiger partial charge in [0.1, 0.15) is 5.75 Å². The molecule has 0 radical (unpaired) electrons. The minimum Gasteiger partial charge on any atom is -0.497 e. The molecule has 1 heterocycles. The Morgan fingerprint density at radius 2 is 1.81 bits per heavy atom. The van der Waals surface area contributed by atoms with Gasteiger partial charge in [-0.15, -0.1) is 0 Å². The number of methoxy groups -OCH3 is 1. The van der Waals surface area contributed by atoms with Crippen molar-refractivity contribution >= 4 is 15.9 Å². The summed E-state index contributed by atoms with van der Waals surface area (Å²) < 4.78 is 31.2. The van der Waals surface area contributed by atoms with Crippen LogP contribution in [-0.4, -0.2) is 49.5 Å². The maximum atomic E-state index is 13.1. The highest BCUT2D eigenvalue weighted by Gasteiger charge is 2.38. The van der Waals surface area contributed by atoms with E-state index in [4.69, 9.17) is 4.74 Å². The van der Waals surface area contributed by atoms with E-state index in [9.17, 15) is 18.3 Å². The molecule has 1 N–H and O–H groups in total. The molecule has 0 aliphatic carbocycles. The third-order valence-corrected chi connectivity index (χ3v) is 7.29. The van der Waals surface area contributed by atoms with Crippen LogP contribution >= 0.6 is 0 Å². The zero-order chi connectivity index (χ0) is 19.4. The Morgan fingerprint density at radius 3 is 2.41 bits per heavy atom. The molecule has 1 amide bonds. The number of amides is 1. The van der Waals surface area contributed by atoms with Gasteiger partial charge in [0, 0.05) is 12.6 Å². The number of hydrogen-bond acceptors (Lipinski definition) is 4. The van der Waals surface area contributed by atoms with Gasteiger partial charge in [-0.25, -0.2) is 13.2 Å². The summed E-state index contributed by atoms with van der Waals surface area (Å²) in [5, 5.41) is 8.91. The lowest BCUT2D eigenvalue weighted by Gasteiger charge is -2.37. The largest absolute Gasteiger partial charge is 0.497 e. The summed E-state index contributed by atoms with van der Waals surface area (Å²) in [5.41, 5.74) is 0.997. The van der Waals surface area contributed by atoms with Crippen LogP contribution in [0.15, 0.2) is 59.5 Å². The molecular weight excluding hydrogens is 366 g/mol. The molecule has 7 heteroatoms. The highest BCUT2D eigenvalue weighted by Crippen LogP contribution is 2.30. The monoisotopic (exact) mass is 389 g/mol. The topological polar surface area (TPSA) is 83.9 Å². The number of likely N-dealkylation sites (tertiary alicyclic amines) is 1. The predicted molar refractivity (Wildman–Crippen MR) is 102 cm³/mol. The number of hydrogen-bond donors (Lipinski definition) is 1. The van der Waals surface area contributed by atoms with E-state index in [1.54, 1.807) is 24.3 Å². The molecule has 0 bridgehead atoms. The molecule has 2 atom stereocenters. The Bertz CT molecular complexity index is 880. The van der Waals surface area contributed by atoms with Crippen LogP contribution < -0.4 is 4.74 Å². The fourth-order valence-corrected chi connectivity index (χ4v) is 5.38. The molecule has 6 nitrogen and oxygen atoms in total. The maximum absolute atomic E-state index is 13.1. The highest BCUT2D eigenvalue weighted by atomic mass is 32.2. The van der Waals surface area contributed by atoms with E-state index < -0.39 is 21.2 Å². The first kappa shape index (κ1) is 19.2. The van der Waals surface area contributed by atoms with E-state index in [-0.39, 0.29) is 23.9 Å². The molecule has 27 heavy (non-hydrogen) atoms. The van der Waals surface area contributed by atoms with Crippen LogP contribution in [0.2, 0.25) is 0 Å². The second kappa shape index (κ2) is 8.00. The Morgan fingerprint density at radius 1 is 1.15 bits per heavy atom. The van der Waals surface area contributed by atoms with Gasteiger partial charge in [0.2, 0.25) is 0 Å². The number of nitrogens with zero attached hydrogens (tertiary/aromatic N) is 1. The molecule has 1 saturated heterocycles. The lowest BCUT2D eigenvalue weighted by Crippen LogP contribution is -2.49. The van der Waals surface area contributed by atoms with Crippen LogP contribution in [0.1, 0.15) is 18.4 Å². The minimum atomic E-state index is -3.54. The van der Waals surface area contributed by atoms with Gasteiger partial charge in [-0.3, -0.25) is 0 Å². The third-order valence-electron chi connectivity index (χ3n) is 5.05. The summed E-state index contributed by atoms with van der Waals surface area (Å²) in [5.74, 6) is 0.594. The predicted octanol–water partition coefficient (Wildman–Crippen LogP) is 3.22. The van der Waals surface area contributed by atoms with Crippen molar-refractivity contribution < 1.29 is 23.1 Å². The smallest absolute Gasteiger partial charge is 0.407 e. The zero-order valence-corrected chi connectivity index (χ0v) is 15.9. The molecule has 2 unspecified atom stereocenters. The molecule has 0 spiro atoms. The van der Waals surface area contributed by atoms with Gasteiger partial charge < -0.3 is 14.7 Å². The number of carbonyl (C=O) groups is 1. The van der Waals surface area contributed by atoms with E-state index >= 15 is 0 Å². The summed E-state index contributed by atoms with van der Waals surface area (Å²) in [6, 6.07) is 15.5. The molecule has 1 aliphatic heterocycles. The molecule has 1 fully saturated rings. The van der Waals surface area contributed by atoms with Crippen LogP contribution in [0.3, 0.4) is 0 Å². The van der Waals surface area contributed by atoms with Gasteiger partial charge in [-0.2, -0.15) is 0 Å². The number of rotatable bonds is 5. The van der Waals surface area contributed by atoms with Gasteiger partial charge in [-0.05, 0) is 49.1 Å². The summed E-state index contributed by atoms with van der Waals surface area (Å²) >= 11 is 0. The van der Waals surface area contributed by atoms with Crippen molar-refractivity contribution in [1.82, 2.24) is 4.90 Å². The van der Waals surface area contributed by atoms with Crippen LogP contribution in [0.4, 0.5) is 4.79 Å². The van der Waals surface area contributed by atoms with Gasteiger partial charge in [0.15, 0.2) is 9.84 Å². The zero-order valence-electron chi connectivity index (χ0n) is 15.1. The molecule has 0 aromatic heterocycles. The van der Waals surface area contributed by atoms with E-state index in [1.165, 1.54) is 12.0 Å². The number of benzene rings is 2. The summed E-state index contributed by atoms with van der Waals surface area (Å²) in [7, 11) is -2.01. The Balaban J connectivity index is 1.82. The highest BCUT2D eigenvalue weighted by molar-refractivity contribution is 7.92. The van der Waals surface area contributed by atoms with Crippen LogP contribution in [0, 0.1) is 0 Å². The van der Waals surface area contributed by atoms with E-state index in [2.05, 4.69) is 0 Å². The molecular formula is C20H23NO5S. The van der Waals surface area contributed by atoms with Crippen molar-refractivity contribution in [1.29, 1.82) is 0 Å². The summed E-state index contributed by atoms with van der Waals surface area (Å²) in [6.07, 6.45) is 0.0831. The van der Waals surface area contributed by atoms with Crippen molar-refractivity contribution in [2.45, 2.75) is 35.4 Å². The lowest BCUT2D eigenvalue weighted by molar-refractivity contribution is 0.107. The van der Waals surface area contributed by atoms with E-state index in [0.29, 0.717) is 18.6 Å². The average Bonchev–Trinajstić information content (AvgIpc) is 2.68. The van der Waals surface area contributed by atoms with Crippen molar-refractivity contribution in [2.75, 3.05) is 13.7 Å². The van der Waals surface area contributed by atoms with E-state index in [0.717, 1.165) is 5.56 Å². The van der Waals surface area contributed by atoms with E-state index in [1.807, 2.05) is 30.3 Å². The molecule has 3 rings (SSSR count). The first-order chi connectivity index (χ1) is 12.9. The number of carboxylic acid groups (broad SMARTS) is 1. The molecule has 2 aromatic rings. The lowest BCUT2D eigenvalue weighted by atomic mass is 9.95. The van der Waals surface area contributed by atoms with Crippen LogP contribution in [0.25, 0.3) is 0 Å². The van der Waals surface area contributed by atoms with Crippen molar-refractivity contribution in [3.63, 3.8) is 0 Å². The summed E-state index contributed by atoms with van der Waals surface area (Å²) in [6.45, 7) is 0.215. The molecule has 2 aromatic carbocycles. The second-order valence-corrected chi connectivity index (χ2v) is 8.91. The standard InChI is InChI=1S/C20H23NO5S/c1-26-17-7-9-18(10-8-17)27(24,25)19-11-12-21(20(22)23)16(14-19)13-15-5-3-2-4-6-15/h2-10,16,19H,11-14H2,1H3,(H,22,23). The second-order valence-electron chi connectivity index (χ2n) is 6.69. The van der Waals surface area contributed by atoms with Crippen LogP contribution in [0.5, 0.6) is 5.75 Å².